The van der Waals surface area contributed by atoms with Crippen molar-refractivity contribution in [1.82, 2.24) is 19.9 Å². The smallest absolute Gasteiger partial charge is 0.271 e. The SMILES string of the molecule is Cn1ccc(=O)c(OCc2ccccc2)c1C(=O)NCCc1nc(N)cc(=O)[nH]1. The highest BCUT2D eigenvalue weighted by molar-refractivity contribution is 5.95. The first kappa shape index (κ1) is 19.9. The zero-order chi connectivity index (χ0) is 20.8. The Hall–Kier alpha value is -3.88. The van der Waals surface area contributed by atoms with Crippen molar-refractivity contribution in [2.24, 2.45) is 7.05 Å². The second-order valence-corrected chi connectivity index (χ2v) is 6.37. The molecule has 0 fully saturated rings. The van der Waals surface area contributed by atoms with Gasteiger partial charge in [-0.25, -0.2) is 4.98 Å². The highest BCUT2D eigenvalue weighted by Crippen LogP contribution is 2.14. The Kier molecular flexibility index (Phi) is 6.08. The molecule has 3 rings (SSSR count). The number of nitrogens with zero attached hydrogens (tertiary/aromatic N) is 2. The maximum Gasteiger partial charge on any atom is 0.271 e. The summed E-state index contributed by atoms with van der Waals surface area (Å²) in [5.74, 6) is -0.0266. The van der Waals surface area contributed by atoms with Gasteiger partial charge in [0, 0.05) is 38.3 Å². The minimum Gasteiger partial charge on any atom is -0.483 e. The van der Waals surface area contributed by atoms with E-state index in [2.05, 4.69) is 15.3 Å². The largest absolute Gasteiger partial charge is 0.483 e. The Balaban J connectivity index is 1.72. The van der Waals surface area contributed by atoms with Crippen LogP contribution in [0.3, 0.4) is 0 Å². The van der Waals surface area contributed by atoms with Crippen LogP contribution >= 0.6 is 0 Å². The number of anilines is 1. The van der Waals surface area contributed by atoms with Crippen LogP contribution in [-0.4, -0.2) is 27.0 Å². The van der Waals surface area contributed by atoms with Crippen molar-refractivity contribution in [2.75, 3.05) is 12.3 Å². The number of aromatic nitrogens is 3. The van der Waals surface area contributed by atoms with Gasteiger partial charge < -0.3 is 25.3 Å². The lowest BCUT2D eigenvalue weighted by molar-refractivity contribution is 0.0939. The van der Waals surface area contributed by atoms with Gasteiger partial charge in [0.15, 0.2) is 11.4 Å². The van der Waals surface area contributed by atoms with Gasteiger partial charge in [0.2, 0.25) is 5.43 Å². The predicted octanol–water partition coefficient (Wildman–Crippen LogP) is 0.602. The van der Waals surface area contributed by atoms with Gasteiger partial charge in [-0.1, -0.05) is 30.3 Å². The maximum absolute atomic E-state index is 12.7. The lowest BCUT2D eigenvalue weighted by Gasteiger charge is -2.14. The molecule has 3 aromatic rings. The van der Waals surface area contributed by atoms with E-state index < -0.39 is 5.91 Å². The average Bonchev–Trinajstić information content (AvgIpc) is 2.68. The van der Waals surface area contributed by atoms with Crippen molar-refractivity contribution in [3.05, 3.63) is 86.3 Å². The number of aromatic amines is 1. The highest BCUT2D eigenvalue weighted by atomic mass is 16.5. The summed E-state index contributed by atoms with van der Waals surface area (Å²) in [7, 11) is 1.65. The molecular formula is C20H21N5O4. The quantitative estimate of drug-likeness (QED) is 0.537. The summed E-state index contributed by atoms with van der Waals surface area (Å²) in [4.78, 5) is 43.0. The third-order valence-corrected chi connectivity index (χ3v) is 4.14. The van der Waals surface area contributed by atoms with Gasteiger partial charge >= 0.3 is 0 Å². The third-order valence-electron chi connectivity index (χ3n) is 4.14. The molecular weight excluding hydrogens is 374 g/mol. The van der Waals surface area contributed by atoms with Crippen LogP contribution in [0.5, 0.6) is 5.75 Å². The summed E-state index contributed by atoms with van der Waals surface area (Å²) < 4.78 is 7.21. The van der Waals surface area contributed by atoms with E-state index in [1.54, 1.807) is 7.05 Å². The van der Waals surface area contributed by atoms with Gasteiger partial charge in [-0.15, -0.1) is 0 Å². The fourth-order valence-corrected chi connectivity index (χ4v) is 2.76. The lowest BCUT2D eigenvalue weighted by atomic mass is 10.2. The molecule has 0 radical (unpaired) electrons. The topological polar surface area (TPSA) is 132 Å². The molecule has 0 aliphatic heterocycles. The second kappa shape index (κ2) is 8.87. The summed E-state index contributed by atoms with van der Waals surface area (Å²) in [6.07, 6.45) is 1.77. The number of hydrogen-bond acceptors (Lipinski definition) is 6. The van der Waals surface area contributed by atoms with Gasteiger partial charge in [-0.05, 0) is 5.56 Å². The number of nitrogens with two attached hydrogens (primary N) is 1. The average molecular weight is 395 g/mol. The molecule has 0 bridgehead atoms. The van der Waals surface area contributed by atoms with E-state index in [1.807, 2.05) is 30.3 Å². The zero-order valence-electron chi connectivity index (χ0n) is 15.8. The molecule has 1 aromatic carbocycles. The monoisotopic (exact) mass is 395 g/mol. The molecule has 0 aliphatic rings. The number of amides is 1. The summed E-state index contributed by atoms with van der Waals surface area (Å²) in [5.41, 5.74) is 5.79. The van der Waals surface area contributed by atoms with E-state index in [0.29, 0.717) is 5.82 Å². The predicted molar refractivity (Wildman–Crippen MR) is 108 cm³/mol. The Labute approximate surface area is 166 Å². The van der Waals surface area contributed by atoms with Crippen LogP contribution in [0.15, 0.2) is 58.3 Å². The van der Waals surface area contributed by atoms with Gasteiger partial charge in [0.1, 0.15) is 18.2 Å². The van der Waals surface area contributed by atoms with E-state index in [-0.39, 0.29) is 47.8 Å². The molecule has 9 nitrogen and oxygen atoms in total. The van der Waals surface area contributed by atoms with Crippen LogP contribution in [0.4, 0.5) is 5.82 Å². The van der Waals surface area contributed by atoms with Crippen molar-refractivity contribution >= 4 is 11.7 Å². The number of nitrogens with one attached hydrogen (secondary N) is 2. The number of benzene rings is 1. The van der Waals surface area contributed by atoms with E-state index in [0.717, 1.165) is 5.56 Å². The Bertz CT molecular complexity index is 1120. The van der Waals surface area contributed by atoms with Crippen LogP contribution in [0.1, 0.15) is 21.9 Å². The summed E-state index contributed by atoms with van der Waals surface area (Å²) in [5, 5.41) is 2.71. The molecule has 0 spiro atoms. The summed E-state index contributed by atoms with van der Waals surface area (Å²) in [6, 6.07) is 11.9. The molecule has 0 saturated heterocycles. The van der Waals surface area contributed by atoms with Crippen LogP contribution in [0, 0.1) is 0 Å². The van der Waals surface area contributed by atoms with E-state index in [1.165, 1.54) is 22.9 Å². The van der Waals surface area contributed by atoms with Crippen LogP contribution in [-0.2, 0) is 20.1 Å². The van der Waals surface area contributed by atoms with Crippen molar-refractivity contribution in [1.29, 1.82) is 0 Å². The van der Waals surface area contributed by atoms with Crippen molar-refractivity contribution in [2.45, 2.75) is 13.0 Å². The fraction of sp³-hybridized carbons (Fsp3) is 0.200. The second-order valence-electron chi connectivity index (χ2n) is 6.37. The number of carbonyl (C=O) groups is 1. The minimum absolute atomic E-state index is 0.0214. The molecule has 4 N–H and O–H groups in total. The molecule has 0 saturated carbocycles. The van der Waals surface area contributed by atoms with Crippen LogP contribution < -0.4 is 26.8 Å². The number of carbonyl (C=O) groups excluding carboxylic acids is 1. The number of rotatable bonds is 7. The Morgan fingerprint density at radius 1 is 1.24 bits per heavy atom. The van der Waals surface area contributed by atoms with Gasteiger partial charge in [-0.3, -0.25) is 14.4 Å². The molecule has 29 heavy (non-hydrogen) atoms. The molecule has 0 aliphatic carbocycles. The number of ether oxygens (including phenoxy) is 1. The molecule has 1 amide bonds. The molecule has 2 heterocycles. The van der Waals surface area contributed by atoms with Crippen molar-refractivity contribution in [3.63, 3.8) is 0 Å². The molecule has 9 heteroatoms. The van der Waals surface area contributed by atoms with Crippen LogP contribution in [0.2, 0.25) is 0 Å². The number of H-pyrrole nitrogens is 1. The van der Waals surface area contributed by atoms with Gasteiger partial charge in [0.05, 0.1) is 0 Å². The molecule has 2 aromatic heterocycles. The standard InChI is InChI=1S/C20H21N5O4/c1-25-10-8-14(26)19(29-12-13-5-3-2-4-6-13)18(25)20(28)22-9-7-16-23-15(21)11-17(27)24-16/h2-6,8,10-11H,7,9,12H2,1H3,(H,22,28)(H3,21,23,24,27). The number of nitrogen functional groups attached to an aromatic ring is 1. The van der Waals surface area contributed by atoms with Gasteiger partial charge in [-0.2, -0.15) is 0 Å². The first-order valence-corrected chi connectivity index (χ1v) is 8.94. The maximum atomic E-state index is 12.7. The fourth-order valence-electron chi connectivity index (χ4n) is 2.76. The number of pyridine rings is 1. The summed E-state index contributed by atoms with van der Waals surface area (Å²) in [6.45, 7) is 0.348. The van der Waals surface area contributed by atoms with E-state index in [4.69, 9.17) is 10.5 Å². The first-order valence-electron chi connectivity index (χ1n) is 8.94. The molecule has 0 unspecified atom stereocenters. The third kappa shape index (κ3) is 5.10. The molecule has 150 valence electrons. The number of aryl methyl sites for hydroxylation is 1. The molecule has 0 atom stereocenters. The normalized spacial score (nSPS) is 10.5. The van der Waals surface area contributed by atoms with Crippen molar-refractivity contribution in [3.8, 4) is 5.75 Å². The zero-order valence-corrected chi connectivity index (χ0v) is 15.8. The summed E-state index contributed by atoms with van der Waals surface area (Å²) >= 11 is 0. The highest BCUT2D eigenvalue weighted by Gasteiger charge is 2.19. The Morgan fingerprint density at radius 3 is 2.72 bits per heavy atom. The first-order chi connectivity index (χ1) is 13.9. The minimum atomic E-state index is -0.473. The number of hydrogen-bond donors (Lipinski definition) is 3. The van der Waals surface area contributed by atoms with Crippen LogP contribution in [0.25, 0.3) is 0 Å². The van der Waals surface area contributed by atoms with E-state index in [9.17, 15) is 14.4 Å². The van der Waals surface area contributed by atoms with E-state index >= 15 is 0 Å². The van der Waals surface area contributed by atoms with Gasteiger partial charge in [0.25, 0.3) is 11.5 Å². The van der Waals surface area contributed by atoms with Crippen molar-refractivity contribution < 1.29 is 9.53 Å². The Morgan fingerprint density at radius 2 is 2.00 bits per heavy atom. The lowest BCUT2D eigenvalue weighted by Crippen LogP contribution is -2.31.